The van der Waals surface area contributed by atoms with Crippen molar-refractivity contribution in [3.8, 4) is 11.5 Å². The van der Waals surface area contributed by atoms with E-state index in [2.05, 4.69) is 30.0 Å². The number of carbonyl (C=O) groups excluding carboxylic acids is 1. The number of anilines is 1. The highest BCUT2D eigenvalue weighted by molar-refractivity contribution is 7.22. The molecule has 0 unspecified atom stereocenters. The Bertz CT molecular complexity index is 1040. The second-order valence-electron chi connectivity index (χ2n) is 7.33. The number of aryl methyl sites for hydroxylation is 1. The number of aromatic nitrogens is 1. The molecule has 0 N–H and O–H groups in total. The molecule has 1 saturated heterocycles. The Morgan fingerprint density at radius 1 is 1.14 bits per heavy atom. The summed E-state index contributed by atoms with van der Waals surface area (Å²) in [7, 11) is 0. The molecule has 5 rings (SSSR count). The zero-order valence-corrected chi connectivity index (χ0v) is 17.2. The van der Waals surface area contributed by atoms with Crippen LogP contribution < -0.4 is 14.4 Å². The summed E-state index contributed by atoms with van der Waals surface area (Å²) in [6, 6.07) is 14.0. The lowest BCUT2D eigenvalue weighted by atomic mass is 10.2. The van der Waals surface area contributed by atoms with Gasteiger partial charge in [-0.25, -0.2) is 4.98 Å². The van der Waals surface area contributed by atoms with E-state index in [0.717, 1.165) is 30.2 Å². The molecule has 2 aromatic carbocycles. The van der Waals surface area contributed by atoms with Crippen molar-refractivity contribution in [2.45, 2.75) is 19.4 Å². The fraction of sp³-hybridized carbons (Fsp3) is 0.364. The Hall–Kier alpha value is -2.80. The maximum Gasteiger partial charge on any atom is 0.267 e. The molecule has 2 aliphatic heterocycles. The first-order valence-electron chi connectivity index (χ1n) is 10.0. The Labute approximate surface area is 173 Å². The molecule has 1 amide bonds. The molecule has 3 heterocycles. The smallest absolute Gasteiger partial charge is 0.267 e. The lowest BCUT2D eigenvalue weighted by Crippen LogP contribution is -2.54. The van der Waals surface area contributed by atoms with Crippen molar-refractivity contribution in [2.75, 3.05) is 37.7 Å². The largest absolute Gasteiger partial charge is 0.485 e. The third-order valence-corrected chi connectivity index (χ3v) is 6.57. The van der Waals surface area contributed by atoms with Gasteiger partial charge in [0.05, 0.1) is 10.2 Å². The number of piperazine rings is 1. The van der Waals surface area contributed by atoms with Gasteiger partial charge in [0, 0.05) is 26.2 Å². The molecular weight excluding hydrogens is 386 g/mol. The van der Waals surface area contributed by atoms with Gasteiger partial charge < -0.3 is 19.3 Å². The van der Waals surface area contributed by atoms with Gasteiger partial charge in [-0.3, -0.25) is 4.79 Å². The van der Waals surface area contributed by atoms with E-state index in [-0.39, 0.29) is 12.5 Å². The average molecular weight is 410 g/mol. The summed E-state index contributed by atoms with van der Waals surface area (Å²) in [5, 5.41) is 1.03. The van der Waals surface area contributed by atoms with Gasteiger partial charge in [-0.2, -0.15) is 0 Å². The number of hydrogen-bond donors (Lipinski definition) is 0. The summed E-state index contributed by atoms with van der Waals surface area (Å²) < 4.78 is 12.8. The fourth-order valence-corrected chi connectivity index (χ4v) is 4.86. The van der Waals surface area contributed by atoms with Gasteiger partial charge in [0.1, 0.15) is 6.61 Å². The van der Waals surface area contributed by atoms with Crippen molar-refractivity contribution in [1.82, 2.24) is 9.88 Å². The van der Waals surface area contributed by atoms with E-state index in [1.165, 1.54) is 10.3 Å². The molecule has 7 heteroatoms. The molecule has 1 aromatic heterocycles. The summed E-state index contributed by atoms with van der Waals surface area (Å²) in [4.78, 5) is 21.8. The van der Waals surface area contributed by atoms with Gasteiger partial charge in [0.15, 0.2) is 16.6 Å². The van der Waals surface area contributed by atoms with Crippen LogP contribution in [0.15, 0.2) is 42.5 Å². The standard InChI is InChI=1S/C22H23N3O3S/c1-2-15-7-8-16-20(13-15)29-22(23-16)25-11-9-24(10-12-25)21(26)19-14-27-17-5-3-4-6-18(17)28-19/h3-8,13,19H,2,9-12,14H2,1H3/t19-/m0/s1. The van der Waals surface area contributed by atoms with Gasteiger partial charge in [0.25, 0.3) is 5.91 Å². The number of amides is 1. The Balaban J connectivity index is 1.23. The number of para-hydroxylation sites is 2. The first kappa shape index (κ1) is 18.2. The molecule has 150 valence electrons. The van der Waals surface area contributed by atoms with Gasteiger partial charge >= 0.3 is 0 Å². The predicted molar refractivity (Wildman–Crippen MR) is 114 cm³/mol. The number of ether oxygens (including phenoxy) is 2. The highest BCUT2D eigenvalue weighted by Gasteiger charge is 2.33. The molecule has 0 spiro atoms. The summed E-state index contributed by atoms with van der Waals surface area (Å²) in [5.74, 6) is 1.33. The molecule has 0 saturated carbocycles. The fourth-order valence-electron chi connectivity index (χ4n) is 3.78. The van der Waals surface area contributed by atoms with Crippen molar-refractivity contribution >= 4 is 32.6 Å². The lowest BCUT2D eigenvalue weighted by Gasteiger charge is -2.37. The van der Waals surface area contributed by atoms with E-state index in [1.807, 2.05) is 29.2 Å². The Morgan fingerprint density at radius 3 is 2.72 bits per heavy atom. The summed E-state index contributed by atoms with van der Waals surface area (Å²) in [6.45, 7) is 5.30. The minimum atomic E-state index is -0.577. The number of hydrogen-bond acceptors (Lipinski definition) is 6. The molecule has 6 nitrogen and oxygen atoms in total. The molecule has 3 aromatic rings. The highest BCUT2D eigenvalue weighted by atomic mass is 32.1. The number of rotatable bonds is 3. The number of fused-ring (bicyclic) bond motifs is 2. The van der Waals surface area contributed by atoms with Crippen molar-refractivity contribution < 1.29 is 14.3 Å². The molecule has 0 bridgehead atoms. The van der Waals surface area contributed by atoms with Crippen LogP contribution in [0.2, 0.25) is 0 Å². The molecule has 2 aliphatic rings. The topological polar surface area (TPSA) is 54.9 Å². The van der Waals surface area contributed by atoms with Gasteiger partial charge in [-0.1, -0.05) is 36.5 Å². The first-order valence-corrected chi connectivity index (χ1v) is 10.8. The van der Waals surface area contributed by atoms with Crippen LogP contribution in [0.25, 0.3) is 10.2 Å². The minimum Gasteiger partial charge on any atom is -0.485 e. The monoisotopic (exact) mass is 409 g/mol. The normalized spacial score (nSPS) is 18.9. The van der Waals surface area contributed by atoms with E-state index < -0.39 is 6.10 Å². The van der Waals surface area contributed by atoms with Gasteiger partial charge in [-0.15, -0.1) is 0 Å². The molecule has 1 fully saturated rings. The van der Waals surface area contributed by atoms with E-state index in [9.17, 15) is 4.79 Å². The quantitative estimate of drug-likeness (QED) is 0.664. The maximum atomic E-state index is 12.9. The minimum absolute atomic E-state index is 0.00367. The first-order chi connectivity index (χ1) is 14.2. The van der Waals surface area contributed by atoms with Gasteiger partial charge in [0.2, 0.25) is 6.10 Å². The van der Waals surface area contributed by atoms with Crippen LogP contribution in [0.4, 0.5) is 5.13 Å². The third kappa shape index (κ3) is 3.51. The predicted octanol–water partition coefficient (Wildman–Crippen LogP) is 3.35. The third-order valence-electron chi connectivity index (χ3n) is 5.50. The van der Waals surface area contributed by atoms with Crippen molar-refractivity contribution in [1.29, 1.82) is 0 Å². The number of thiazole rings is 1. The molecule has 0 radical (unpaired) electrons. The number of benzene rings is 2. The van der Waals surface area contributed by atoms with Crippen LogP contribution >= 0.6 is 11.3 Å². The van der Waals surface area contributed by atoms with Crippen LogP contribution in [0, 0.1) is 0 Å². The van der Waals surface area contributed by atoms with E-state index in [4.69, 9.17) is 14.5 Å². The number of carbonyl (C=O) groups is 1. The van der Waals surface area contributed by atoms with Crippen molar-refractivity contribution in [3.05, 3.63) is 48.0 Å². The second kappa shape index (κ2) is 7.55. The maximum absolute atomic E-state index is 12.9. The van der Waals surface area contributed by atoms with Crippen LogP contribution in [0.5, 0.6) is 11.5 Å². The summed E-state index contributed by atoms with van der Waals surface area (Å²) >= 11 is 1.73. The van der Waals surface area contributed by atoms with Crippen molar-refractivity contribution in [3.63, 3.8) is 0 Å². The lowest BCUT2D eigenvalue weighted by molar-refractivity contribution is -0.141. The van der Waals surface area contributed by atoms with Crippen LogP contribution in [0.1, 0.15) is 12.5 Å². The highest BCUT2D eigenvalue weighted by Crippen LogP contribution is 2.32. The number of nitrogens with zero attached hydrogens (tertiary/aromatic N) is 3. The summed E-state index contributed by atoms with van der Waals surface area (Å²) in [5.41, 5.74) is 2.38. The van der Waals surface area contributed by atoms with E-state index >= 15 is 0 Å². The SMILES string of the molecule is CCc1ccc2nc(N3CCN(C(=O)[C@@H]4COc5ccccc5O4)CC3)sc2c1. The van der Waals surface area contributed by atoms with Crippen molar-refractivity contribution in [2.24, 2.45) is 0 Å². The molecular formula is C22H23N3O3S. The van der Waals surface area contributed by atoms with E-state index in [0.29, 0.717) is 24.6 Å². The van der Waals surface area contributed by atoms with Gasteiger partial charge in [-0.05, 0) is 36.2 Å². The Kier molecular flexibility index (Phi) is 4.75. The molecule has 1 atom stereocenters. The summed E-state index contributed by atoms with van der Waals surface area (Å²) in [6.07, 6.45) is 0.452. The Morgan fingerprint density at radius 2 is 1.93 bits per heavy atom. The molecule has 0 aliphatic carbocycles. The van der Waals surface area contributed by atoms with Crippen LogP contribution in [-0.2, 0) is 11.2 Å². The average Bonchev–Trinajstić information content (AvgIpc) is 3.21. The second-order valence-corrected chi connectivity index (χ2v) is 8.34. The van der Waals surface area contributed by atoms with Crippen LogP contribution in [-0.4, -0.2) is 54.7 Å². The van der Waals surface area contributed by atoms with E-state index in [1.54, 1.807) is 11.3 Å². The molecule has 29 heavy (non-hydrogen) atoms. The zero-order chi connectivity index (χ0) is 19.8. The van der Waals surface area contributed by atoms with Crippen LogP contribution in [0.3, 0.4) is 0 Å². The zero-order valence-electron chi connectivity index (χ0n) is 16.3.